The summed E-state index contributed by atoms with van der Waals surface area (Å²) in [5.74, 6) is 1.29. The number of epoxide rings is 1. The zero-order valence-corrected chi connectivity index (χ0v) is 15.1. The van der Waals surface area contributed by atoms with Crippen LogP contribution in [0.2, 0.25) is 0 Å². The lowest BCUT2D eigenvalue weighted by Gasteiger charge is -2.55. The quantitative estimate of drug-likeness (QED) is 0.581. The molecule has 5 nitrogen and oxygen atoms in total. The Hall–Kier alpha value is -0.940. The maximum Gasteiger partial charge on any atom is 0.302 e. The van der Waals surface area contributed by atoms with E-state index in [9.17, 15) is 14.7 Å². The molecule has 1 saturated heterocycles. The zero-order valence-electron chi connectivity index (χ0n) is 15.1. The van der Waals surface area contributed by atoms with Crippen molar-refractivity contribution < 1.29 is 24.2 Å². The van der Waals surface area contributed by atoms with Crippen LogP contribution in [-0.4, -0.2) is 40.8 Å². The SMILES string of the molecule is CC(=O)OC1CC2CC(O)C3C(CC[C@]4(C)C(=O)CCC34)[C@]23OC3C1. The Morgan fingerprint density at radius 1 is 1.24 bits per heavy atom. The van der Waals surface area contributed by atoms with Gasteiger partial charge in [-0.2, -0.15) is 0 Å². The Kier molecular flexibility index (Phi) is 3.29. The second-order valence-corrected chi connectivity index (χ2v) is 9.37. The van der Waals surface area contributed by atoms with E-state index in [4.69, 9.17) is 9.47 Å². The summed E-state index contributed by atoms with van der Waals surface area (Å²) in [6.07, 6.45) is 5.54. The molecule has 5 heteroatoms. The van der Waals surface area contributed by atoms with Crippen LogP contribution in [0, 0.1) is 29.1 Å². The van der Waals surface area contributed by atoms with E-state index in [2.05, 4.69) is 6.92 Å². The molecule has 0 radical (unpaired) electrons. The van der Waals surface area contributed by atoms with Crippen molar-refractivity contribution in [1.29, 1.82) is 0 Å². The third kappa shape index (κ3) is 2.03. The fraction of sp³-hybridized carbons (Fsp3) is 0.900. The highest BCUT2D eigenvalue weighted by Gasteiger charge is 2.74. The van der Waals surface area contributed by atoms with E-state index in [1.165, 1.54) is 6.92 Å². The summed E-state index contributed by atoms with van der Waals surface area (Å²) in [4.78, 5) is 23.8. The number of ether oxygens (including phenoxy) is 2. The molecule has 4 aliphatic carbocycles. The molecule has 0 bridgehead atoms. The van der Waals surface area contributed by atoms with Gasteiger partial charge in [-0.15, -0.1) is 0 Å². The van der Waals surface area contributed by atoms with Gasteiger partial charge in [-0.25, -0.2) is 0 Å². The zero-order chi connectivity index (χ0) is 17.6. The molecule has 0 aromatic rings. The normalized spacial score (nSPS) is 56.3. The third-order valence-corrected chi connectivity index (χ3v) is 8.38. The second kappa shape index (κ2) is 5.07. The molecular formula is C20H28O5. The van der Waals surface area contributed by atoms with Gasteiger partial charge in [-0.1, -0.05) is 6.92 Å². The van der Waals surface area contributed by atoms with Crippen molar-refractivity contribution in [2.75, 3.05) is 0 Å². The predicted octanol–water partition coefficient (Wildman–Crippen LogP) is 2.24. The number of hydrogen-bond donors (Lipinski definition) is 1. The topological polar surface area (TPSA) is 76.1 Å². The summed E-state index contributed by atoms with van der Waals surface area (Å²) in [7, 11) is 0. The Morgan fingerprint density at radius 3 is 2.80 bits per heavy atom. The first kappa shape index (κ1) is 16.2. The summed E-state index contributed by atoms with van der Waals surface area (Å²) in [6, 6.07) is 0. The molecule has 0 aromatic heterocycles. The van der Waals surface area contributed by atoms with E-state index < -0.39 is 0 Å². The van der Waals surface area contributed by atoms with Crippen LogP contribution in [0.3, 0.4) is 0 Å². The van der Waals surface area contributed by atoms with Gasteiger partial charge in [-0.3, -0.25) is 9.59 Å². The molecule has 0 amide bonds. The van der Waals surface area contributed by atoms with Crippen LogP contribution in [0.15, 0.2) is 0 Å². The van der Waals surface area contributed by atoms with Crippen LogP contribution in [0.4, 0.5) is 0 Å². The summed E-state index contributed by atoms with van der Waals surface area (Å²) in [5, 5.41) is 11.0. The lowest BCUT2D eigenvalue weighted by Crippen LogP contribution is -2.59. The van der Waals surface area contributed by atoms with Gasteiger partial charge >= 0.3 is 5.97 Å². The van der Waals surface area contributed by atoms with E-state index in [1.54, 1.807) is 0 Å². The van der Waals surface area contributed by atoms with Gasteiger partial charge < -0.3 is 14.6 Å². The van der Waals surface area contributed by atoms with E-state index in [0.717, 1.165) is 38.5 Å². The van der Waals surface area contributed by atoms with Gasteiger partial charge in [0, 0.05) is 25.2 Å². The number of aliphatic hydroxyl groups excluding tert-OH is 1. The molecular weight excluding hydrogens is 320 g/mol. The fourth-order valence-corrected chi connectivity index (χ4v) is 7.36. The Balaban J connectivity index is 1.43. The Labute approximate surface area is 148 Å². The lowest BCUT2D eigenvalue weighted by atomic mass is 9.49. The number of carbonyl (C=O) groups is 2. The first-order valence-corrected chi connectivity index (χ1v) is 9.92. The molecule has 25 heavy (non-hydrogen) atoms. The monoisotopic (exact) mass is 348 g/mol. The standard InChI is InChI=1S/C20H28O5/c1-10(21)24-12-7-11-8-15(22)18-13-3-4-16(23)19(13,2)6-5-14(18)20(11)17(9-12)25-20/h11-15,17-18,22H,3-9H2,1-2H3/t11?,12?,13?,14?,15?,17?,18?,19-,20+/m0/s1. The van der Waals surface area contributed by atoms with Crippen molar-refractivity contribution in [3.63, 3.8) is 0 Å². The number of Topliss-reactive ketones (excluding diaryl/α,β-unsaturated/α-hetero) is 1. The van der Waals surface area contributed by atoms with Crippen molar-refractivity contribution in [2.45, 2.75) is 82.7 Å². The molecule has 7 unspecified atom stereocenters. The maximum absolute atomic E-state index is 12.5. The first-order chi connectivity index (χ1) is 11.9. The summed E-state index contributed by atoms with van der Waals surface area (Å²) < 4.78 is 11.8. The number of rotatable bonds is 1. The number of carbonyl (C=O) groups excluding carboxylic acids is 2. The highest BCUT2D eigenvalue weighted by atomic mass is 16.6. The van der Waals surface area contributed by atoms with Gasteiger partial charge in [0.2, 0.25) is 0 Å². The van der Waals surface area contributed by atoms with Gasteiger partial charge in [0.1, 0.15) is 17.5 Å². The van der Waals surface area contributed by atoms with Crippen molar-refractivity contribution in [3.8, 4) is 0 Å². The smallest absolute Gasteiger partial charge is 0.302 e. The molecule has 5 fully saturated rings. The number of hydrogen-bond acceptors (Lipinski definition) is 5. The van der Waals surface area contributed by atoms with Gasteiger partial charge in [0.25, 0.3) is 0 Å². The highest BCUT2D eigenvalue weighted by Crippen LogP contribution is 2.68. The molecule has 4 saturated carbocycles. The third-order valence-electron chi connectivity index (χ3n) is 8.38. The number of ketones is 1. The van der Waals surface area contributed by atoms with Crippen LogP contribution >= 0.6 is 0 Å². The van der Waals surface area contributed by atoms with Gasteiger partial charge in [0.15, 0.2) is 0 Å². The Morgan fingerprint density at radius 2 is 2.04 bits per heavy atom. The summed E-state index contributed by atoms with van der Waals surface area (Å²) in [6.45, 7) is 3.59. The number of fused-ring (bicyclic) bond motifs is 3. The lowest BCUT2D eigenvalue weighted by molar-refractivity contribution is -0.155. The van der Waals surface area contributed by atoms with Crippen LogP contribution < -0.4 is 0 Å². The van der Waals surface area contributed by atoms with E-state index in [-0.39, 0.29) is 47.1 Å². The summed E-state index contributed by atoms with van der Waals surface area (Å²) >= 11 is 0. The fourth-order valence-electron chi connectivity index (χ4n) is 7.36. The average Bonchev–Trinajstić information content (AvgIpc) is 3.18. The van der Waals surface area contributed by atoms with Crippen LogP contribution in [0.25, 0.3) is 0 Å². The van der Waals surface area contributed by atoms with Gasteiger partial charge in [-0.05, 0) is 55.8 Å². The molecule has 5 aliphatic rings. The van der Waals surface area contributed by atoms with Gasteiger partial charge in [0.05, 0.1) is 12.2 Å². The van der Waals surface area contributed by atoms with Crippen molar-refractivity contribution >= 4 is 11.8 Å². The molecule has 9 atom stereocenters. The number of esters is 1. The Bertz CT molecular complexity index is 632. The molecule has 1 aliphatic heterocycles. The first-order valence-electron chi connectivity index (χ1n) is 9.92. The van der Waals surface area contributed by atoms with Crippen LogP contribution in [0.5, 0.6) is 0 Å². The molecule has 1 N–H and O–H groups in total. The molecule has 138 valence electrons. The maximum atomic E-state index is 12.5. The molecule has 1 spiro atoms. The second-order valence-electron chi connectivity index (χ2n) is 9.37. The van der Waals surface area contributed by atoms with Crippen molar-refractivity contribution in [2.24, 2.45) is 29.1 Å². The molecule has 5 rings (SSSR count). The van der Waals surface area contributed by atoms with Crippen LogP contribution in [-0.2, 0) is 19.1 Å². The van der Waals surface area contributed by atoms with E-state index >= 15 is 0 Å². The van der Waals surface area contributed by atoms with Crippen molar-refractivity contribution in [3.05, 3.63) is 0 Å². The minimum atomic E-state index is -0.364. The average molecular weight is 348 g/mol. The number of aliphatic hydroxyl groups is 1. The summed E-state index contributed by atoms with van der Waals surface area (Å²) in [5.41, 5.74) is -0.349. The minimum absolute atomic E-state index is 0.0752. The van der Waals surface area contributed by atoms with E-state index in [0.29, 0.717) is 24.0 Å². The molecule has 0 aromatic carbocycles. The minimum Gasteiger partial charge on any atom is -0.462 e. The van der Waals surface area contributed by atoms with Crippen LogP contribution in [0.1, 0.15) is 58.8 Å². The van der Waals surface area contributed by atoms with E-state index in [1.807, 2.05) is 0 Å². The highest BCUT2D eigenvalue weighted by molar-refractivity contribution is 5.87. The predicted molar refractivity (Wildman–Crippen MR) is 88.6 cm³/mol. The molecule has 1 heterocycles. The largest absolute Gasteiger partial charge is 0.462 e. The van der Waals surface area contributed by atoms with Crippen molar-refractivity contribution in [1.82, 2.24) is 0 Å².